The molecule has 3 N–H and O–H groups in total. The van der Waals surface area contributed by atoms with Gasteiger partial charge in [-0.05, 0) is 54.1 Å². The van der Waals surface area contributed by atoms with Crippen LogP contribution in [0.15, 0.2) is 71.2 Å². The highest BCUT2D eigenvalue weighted by Crippen LogP contribution is 2.22. The minimum atomic E-state index is -0.927. The zero-order chi connectivity index (χ0) is 24.0. The molecule has 0 unspecified atom stereocenters. The van der Waals surface area contributed by atoms with Gasteiger partial charge in [0.25, 0.3) is 17.6 Å². The summed E-state index contributed by atoms with van der Waals surface area (Å²) in [7, 11) is 0. The first kappa shape index (κ1) is 23.8. The van der Waals surface area contributed by atoms with E-state index < -0.39 is 17.6 Å². The number of ketones is 1. The third-order valence-corrected chi connectivity index (χ3v) is 4.99. The minimum Gasteiger partial charge on any atom is -0.348 e. The van der Waals surface area contributed by atoms with Crippen molar-refractivity contribution in [1.82, 2.24) is 5.32 Å². The lowest BCUT2D eigenvalue weighted by Crippen LogP contribution is -2.25. The molecule has 168 valence electrons. The maximum absolute atomic E-state index is 13.0. The van der Waals surface area contributed by atoms with Gasteiger partial charge in [0.15, 0.2) is 0 Å². The fourth-order valence-electron chi connectivity index (χ4n) is 2.94. The molecule has 7 nitrogen and oxygen atoms in total. The van der Waals surface area contributed by atoms with Crippen LogP contribution in [0.5, 0.6) is 0 Å². The first-order valence-corrected chi connectivity index (χ1v) is 10.6. The Kier molecular flexibility index (Phi) is 7.68. The fraction of sp³-hybridized carbons (Fsp3) is 0.0833. The van der Waals surface area contributed by atoms with Crippen LogP contribution < -0.4 is 16.0 Å². The van der Waals surface area contributed by atoms with Crippen LogP contribution in [0.1, 0.15) is 33.2 Å². The van der Waals surface area contributed by atoms with Crippen LogP contribution in [0.2, 0.25) is 0 Å². The maximum atomic E-state index is 13.0. The van der Waals surface area contributed by atoms with Crippen molar-refractivity contribution in [2.24, 2.45) is 0 Å². The highest BCUT2D eigenvalue weighted by Gasteiger charge is 2.21. The molecule has 0 aromatic heterocycles. The van der Waals surface area contributed by atoms with Gasteiger partial charge in [0.05, 0.1) is 11.3 Å². The lowest BCUT2D eigenvalue weighted by molar-refractivity contribution is -0.114. The molecule has 3 amide bonds. The van der Waals surface area contributed by atoms with Gasteiger partial charge >= 0.3 is 0 Å². The first-order chi connectivity index (χ1) is 15.7. The summed E-state index contributed by atoms with van der Waals surface area (Å²) in [5, 5.41) is 7.71. The van der Waals surface area contributed by atoms with Gasteiger partial charge in [-0.25, -0.2) is 4.39 Å². The van der Waals surface area contributed by atoms with Crippen LogP contribution in [-0.4, -0.2) is 23.5 Å². The quantitative estimate of drug-likeness (QED) is 0.325. The Labute approximate surface area is 197 Å². The molecule has 3 rings (SSSR count). The van der Waals surface area contributed by atoms with E-state index in [2.05, 4.69) is 31.9 Å². The van der Waals surface area contributed by atoms with E-state index in [0.717, 1.165) is 5.56 Å². The van der Waals surface area contributed by atoms with Gasteiger partial charge in [-0.15, -0.1) is 0 Å². The minimum absolute atomic E-state index is 0.0188. The van der Waals surface area contributed by atoms with E-state index in [1.807, 2.05) is 0 Å². The average Bonchev–Trinajstić information content (AvgIpc) is 2.79. The van der Waals surface area contributed by atoms with Crippen molar-refractivity contribution in [1.29, 1.82) is 0 Å². The molecule has 0 aliphatic carbocycles. The molecule has 3 aromatic rings. The highest BCUT2D eigenvalue weighted by molar-refractivity contribution is 9.10. The van der Waals surface area contributed by atoms with Crippen LogP contribution in [0.4, 0.5) is 15.8 Å². The number of Topliss-reactive ketones (excluding diaryl/α,β-unsaturated/α-hetero) is 1. The number of amides is 3. The number of rotatable bonds is 7. The Morgan fingerprint density at radius 1 is 0.909 bits per heavy atom. The zero-order valence-electron chi connectivity index (χ0n) is 17.4. The Morgan fingerprint density at radius 2 is 1.64 bits per heavy atom. The van der Waals surface area contributed by atoms with Gasteiger partial charge in [0.2, 0.25) is 5.91 Å². The van der Waals surface area contributed by atoms with Crippen LogP contribution in [0.3, 0.4) is 0 Å². The molecular weight excluding hydrogens is 493 g/mol. The molecule has 0 spiro atoms. The van der Waals surface area contributed by atoms with Crippen molar-refractivity contribution in [3.8, 4) is 0 Å². The van der Waals surface area contributed by atoms with Gasteiger partial charge in [-0.3, -0.25) is 19.2 Å². The topological polar surface area (TPSA) is 104 Å². The number of carbonyl (C=O) groups is 4. The second-order valence-electron chi connectivity index (χ2n) is 7.04. The van der Waals surface area contributed by atoms with Crippen molar-refractivity contribution in [2.75, 3.05) is 10.6 Å². The second kappa shape index (κ2) is 10.6. The summed E-state index contributed by atoms with van der Waals surface area (Å²) in [6, 6.07) is 16.4. The van der Waals surface area contributed by atoms with E-state index in [1.165, 1.54) is 43.3 Å². The van der Waals surface area contributed by atoms with Gasteiger partial charge in [-0.2, -0.15) is 0 Å². The standard InChI is InChI=1S/C24H19BrFN3O4/c1-14(30)28-21-10-7-17(25)12-20(21)22(31)24(33)29-19-4-2-3-16(11-19)23(32)27-13-15-5-8-18(26)9-6-15/h2-12H,13H2,1H3,(H,27,32)(H,28,30)(H,29,33). The fourth-order valence-corrected chi connectivity index (χ4v) is 3.30. The van der Waals surface area contributed by atoms with Gasteiger partial charge in [0.1, 0.15) is 5.82 Å². The number of benzene rings is 3. The Bertz CT molecular complexity index is 1230. The summed E-state index contributed by atoms with van der Waals surface area (Å²) in [5.41, 5.74) is 1.47. The Morgan fingerprint density at radius 3 is 2.33 bits per heavy atom. The van der Waals surface area contributed by atoms with Crippen LogP contribution >= 0.6 is 15.9 Å². The smallest absolute Gasteiger partial charge is 0.296 e. The summed E-state index contributed by atoms with van der Waals surface area (Å²) >= 11 is 3.25. The molecule has 0 saturated heterocycles. The molecule has 0 aliphatic rings. The average molecular weight is 512 g/mol. The number of nitrogens with one attached hydrogen (secondary N) is 3. The molecule has 0 bridgehead atoms. The summed E-state index contributed by atoms with van der Waals surface area (Å²) in [4.78, 5) is 49.1. The molecule has 9 heteroatoms. The van der Waals surface area contributed by atoms with E-state index >= 15 is 0 Å². The summed E-state index contributed by atoms with van der Waals surface area (Å²) in [5.74, 6) is -2.93. The normalized spacial score (nSPS) is 10.3. The molecule has 0 saturated carbocycles. The van der Waals surface area contributed by atoms with Crippen molar-refractivity contribution in [3.05, 3.63) is 93.7 Å². The molecule has 0 heterocycles. The molecule has 0 fully saturated rings. The van der Waals surface area contributed by atoms with Gasteiger partial charge in [0, 0.05) is 29.2 Å². The van der Waals surface area contributed by atoms with Crippen molar-refractivity contribution >= 4 is 50.8 Å². The number of carbonyl (C=O) groups excluding carboxylic acids is 4. The molecular formula is C24H19BrFN3O4. The highest BCUT2D eigenvalue weighted by atomic mass is 79.9. The zero-order valence-corrected chi connectivity index (χ0v) is 19.0. The van der Waals surface area contributed by atoms with E-state index in [4.69, 9.17) is 0 Å². The summed E-state index contributed by atoms with van der Waals surface area (Å²) in [6.07, 6.45) is 0. The first-order valence-electron chi connectivity index (χ1n) is 9.78. The number of halogens is 2. The molecule has 33 heavy (non-hydrogen) atoms. The Hall–Kier alpha value is -3.85. The molecule has 3 aromatic carbocycles. The van der Waals surface area contributed by atoms with Crippen LogP contribution in [0, 0.1) is 5.82 Å². The van der Waals surface area contributed by atoms with Gasteiger partial charge in [-0.1, -0.05) is 34.1 Å². The molecule has 0 radical (unpaired) electrons. The van der Waals surface area contributed by atoms with Crippen molar-refractivity contribution < 1.29 is 23.6 Å². The van der Waals surface area contributed by atoms with Crippen LogP contribution in [0.25, 0.3) is 0 Å². The van der Waals surface area contributed by atoms with Crippen LogP contribution in [-0.2, 0) is 16.1 Å². The third-order valence-electron chi connectivity index (χ3n) is 4.49. The van der Waals surface area contributed by atoms with E-state index in [-0.39, 0.29) is 40.8 Å². The van der Waals surface area contributed by atoms with E-state index in [1.54, 1.807) is 30.3 Å². The lowest BCUT2D eigenvalue weighted by Gasteiger charge is -2.11. The third kappa shape index (κ3) is 6.56. The monoisotopic (exact) mass is 511 g/mol. The lowest BCUT2D eigenvalue weighted by atomic mass is 10.1. The second-order valence-corrected chi connectivity index (χ2v) is 7.96. The number of hydrogen-bond donors (Lipinski definition) is 3. The van der Waals surface area contributed by atoms with E-state index in [9.17, 15) is 23.6 Å². The SMILES string of the molecule is CC(=O)Nc1ccc(Br)cc1C(=O)C(=O)Nc1cccc(C(=O)NCc2ccc(F)cc2)c1. The maximum Gasteiger partial charge on any atom is 0.296 e. The summed E-state index contributed by atoms with van der Waals surface area (Å²) < 4.78 is 13.6. The molecule has 0 atom stereocenters. The Balaban J connectivity index is 1.69. The number of hydrogen-bond acceptors (Lipinski definition) is 4. The predicted molar refractivity (Wildman–Crippen MR) is 125 cm³/mol. The largest absolute Gasteiger partial charge is 0.348 e. The summed E-state index contributed by atoms with van der Waals surface area (Å²) in [6.45, 7) is 1.49. The predicted octanol–water partition coefficient (Wildman–Crippen LogP) is 4.30. The number of anilines is 2. The van der Waals surface area contributed by atoms with Gasteiger partial charge < -0.3 is 16.0 Å². The van der Waals surface area contributed by atoms with Crippen molar-refractivity contribution in [2.45, 2.75) is 13.5 Å². The van der Waals surface area contributed by atoms with Crippen molar-refractivity contribution in [3.63, 3.8) is 0 Å². The van der Waals surface area contributed by atoms with E-state index in [0.29, 0.717) is 4.47 Å². The molecule has 0 aliphatic heterocycles.